The molecule has 0 saturated carbocycles. The third kappa shape index (κ3) is 67.8. The highest BCUT2D eigenvalue weighted by molar-refractivity contribution is 5.71. The fraction of sp³-hybridized carbons (Fsp3) is 0.827. The summed E-state index contributed by atoms with van der Waals surface area (Å²) in [6, 6.07) is 0. The van der Waals surface area contributed by atoms with Crippen LogP contribution in [-0.4, -0.2) is 37.2 Å². The molecule has 0 fully saturated rings. The number of rotatable bonds is 66. The second-order valence-electron chi connectivity index (χ2n) is 24.1. The Kier molecular flexibility index (Phi) is 67.1. The van der Waals surface area contributed by atoms with Crippen LogP contribution in [0.2, 0.25) is 0 Å². The van der Waals surface area contributed by atoms with Crippen molar-refractivity contribution in [2.24, 2.45) is 0 Å². The predicted molar refractivity (Wildman–Crippen MR) is 353 cm³/mol. The van der Waals surface area contributed by atoms with Crippen molar-refractivity contribution in [1.82, 2.24) is 0 Å². The number of esters is 3. The van der Waals surface area contributed by atoms with E-state index in [0.717, 1.165) is 70.6 Å². The molecule has 0 saturated heterocycles. The molecule has 0 N–H and O–H groups in total. The Labute approximate surface area is 504 Å². The average Bonchev–Trinajstić information content (AvgIpc) is 3.47. The van der Waals surface area contributed by atoms with Gasteiger partial charge in [-0.2, -0.15) is 0 Å². The van der Waals surface area contributed by atoms with Crippen molar-refractivity contribution in [3.63, 3.8) is 0 Å². The van der Waals surface area contributed by atoms with E-state index in [4.69, 9.17) is 14.2 Å². The second-order valence-corrected chi connectivity index (χ2v) is 24.1. The summed E-state index contributed by atoms with van der Waals surface area (Å²) in [6.07, 6.45) is 89.5. The molecule has 0 radical (unpaired) electrons. The first-order chi connectivity index (χ1) is 40.0. The third-order valence-corrected chi connectivity index (χ3v) is 16.0. The molecular formula is C75H136O6. The van der Waals surface area contributed by atoms with Crippen molar-refractivity contribution >= 4 is 17.9 Å². The minimum atomic E-state index is -0.781. The first kappa shape index (κ1) is 78.1. The normalized spacial score (nSPS) is 12.4. The Hall–Kier alpha value is -2.89. The van der Waals surface area contributed by atoms with Gasteiger partial charge in [-0.1, -0.05) is 313 Å². The molecule has 0 aromatic rings. The van der Waals surface area contributed by atoms with E-state index in [9.17, 15) is 14.4 Å². The third-order valence-electron chi connectivity index (χ3n) is 16.0. The van der Waals surface area contributed by atoms with Crippen LogP contribution in [0.3, 0.4) is 0 Å². The average molecular weight is 1130 g/mol. The first-order valence-electron chi connectivity index (χ1n) is 35.8. The van der Waals surface area contributed by atoms with Gasteiger partial charge in [-0.15, -0.1) is 0 Å². The molecule has 0 aliphatic rings. The van der Waals surface area contributed by atoms with Gasteiger partial charge in [0.25, 0.3) is 0 Å². The molecule has 0 aliphatic heterocycles. The highest BCUT2D eigenvalue weighted by Crippen LogP contribution is 2.17. The van der Waals surface area contributed by atoms with Crippen molar-refractivity contribution in [1.29, 1.82) is 0 Å². The SMILES string of the molecule is CCCCCCC/C=C\C/C=C\CCCCCCCCCCCC(=O)OCC(COC(=O)CCCCCCCCCCC/C=C\CCCCCCCCCC)OC(=O)CCCCCCCCCCC/C=C\C/C=C\CCCCCCC. The largest absolute Gasteiger partial charge is 0.462 e. The smallest absolute Gasteiger partial charge is 0.306 e. The van der Waals surface area contributed by atoms with E-state index in [1.165, 1.54) is 270 Å². The van der Waals surface area contributed by atoms with Gasteiger partial charge in [-0.3, -0.25) is 14.4 Å². The zero-order chi connectivity index (χ0) is 58.5. The van der Waals surface area contributed by atoms with Crippen molar-refractivity contribution in [2.45, 2.75) is 386 Å². The van der Waals surface area contributed by atoms with Gasteiger partial charge in [0, 0.05) is 19.3 Å². The van der Waals surface area contributed by atoms with Crippen molar-refractivity contribution in [3.05, 3.63) is 60.8 Å². The summed E-state index contributed by atoms with van der Waals surface area (Å²) in [6.45, 7) is 6.67. The number of hydrogen-bond donors (Lipinski definition) is 0. The van der Waals surface area contributed by atoms with Crippen LogP contribution in [0.25, 0.3) is 0 Å². The van der Waals surface area contributed by atoms with Crippen LogP contribution in [0.5, 0.6) is 0 Å². The van der Waals surface area contributed by atoms with Gasteiger partial charge in [0.2, 0.25) is 0 Å². The molecule has 0 bridgehead atoms. The van der Waals surface area contributed by atoms with E-state index in [1.807, 2.05) is 0 Å². The lowest BCUT2D eigenvalue weighted by Crippen LogP contribution is -2.30. The van der Waals surface area contributed by atoms with E-state index in [0.29, 0.717) is 19.3 Å². The van der Waals surface area contributed by atoms with Crippen LogP contribution in [0, 0.1) is 0 Å². The molecule has 472 valence electrons. The Balaban J connectivity index is 4.37. The van der Waals surface area contributed by atoms with Crippen LogP contribution < -0.4 is 0 Å². The van der Waals surface area contributed by atoms with Crippen molar-refractivity contribution in [2.75, 3.05) is 13.2 Å². The van der Waals surface area contributed by atoms with Crippen LogP contribution in [0.4, 0.5) is 0 Å². The maximum absolute atomic E-state index is 13.0. The Morgan fingerprint density at radius 1 is 0.247 bits per heavy atom. The van der Waals surface area contributed by atoms with Gasteiger partial charge < -0.3 is 14.2 Å². The van der Waals surface area contributed by atoms with Crippen molar-refractivity contribution in [3.8, 4) is 0 Å². The standard InChI is InChI=1S/C75H136O6/c1-4-7-10-13-16-19-22-25-28-31-34-37-40-43-46-49-52-55-58-61-64-67-73(76)79-70-72(81-75(78)69-66-63-60-57-54-51-48-45-42-39-36-33-30-27-24-21-18-15-12-9-6-3)71-80-74(77)68-65-62-59-56-53-50-47-44-41-38-35-32-29-26-23-20-17-14-11-8-5-2/h22,24-25,27,31-36,72H,4-21,23,26,28-30,37-71H2,1-3H3/b25-22-,27-24-,34-31-,35-32-,36-33-. The molecule has 0 aliphatic carbocycles. The number of unbranched alkanes of at least 4 members (excludes halogenated alkanes) is 45. The van der Waals surface area contributed by atoms with E-state index in [2.05, 4.69) is 81.5 Å². The van der Waals surface area contributed by atoms with Gasteiger partial charge in [-0.05, 0) is 109 Å². The van der Waals surface area contributed by atoms with Gasteiger partial charge >= 0.3 is 17.9 Å². The van der Waals surface area contributed by atoms with E-state index < -0.39 is 6.10 Å². The number of allylic oxidation sites excluding steroid dienone is 10. The van der Waals surface area contributed by atoms with Crippen molar-refractivity contribution < 1.29 is 28.6 Å². The van der Waals surface area contributed by atoms with Crippen LogP contribution >= 0.6 is 0 Å². The summed E-state index contributed by atoms with van der Waals surface area (Å²) in [5, 5.41) is 0. The summed E-state index contributed by atoms with van der Waals surface area (Å²) in [7, 11) is 0. The summed E-state index contributed by atoms with van der Waals surface area (Å²) in [5.74, 6) is -0.862. The zero-order valence-corrected chi connectivity index (χ0v) is 54.3. The number of carbonyl (C=O) groups is 3. The summed E-state index contributed by atoms with van der Waals surface area (Å²) in [5.41, 5.74) is 0. The lowest BCUT2D eigenvalue weighted by atomic mass is 10.1. The minimum absolute atomic E-state index is 0.0759. The first-order valence-corrected chi connectivity index (χ1v) is 35.8. The van der Waals surface area contributed by atoms with E-state index in [1.54, 1.807) is 0 Å². The molecule has 0 rings (SSSR count). The second kappa shape index (κ2) is 69.6. The maximum atomic E-state index is 13.0. The molecule has 81 heavy (non-hydrogen) atoms. The van der Waals surface area contributed by atoms with Crippen LogP contribution in [0.15, 0.2) is 60.8 Å². The summed E-state index contributed by atoms with van der Waals surface area (Å²) < 4.78 is 17.0. The Morgan fingerprint density at radius 3 is 0.691 bits per heavy atom. The molecule has 6 heteroatoms. The monoisotopic (exact) mass is 1130 g/mol. The fourth-order valence-corrected chi connectivity index (χ4v) is 10.6. The summed E-state index contributed by atoms with van der Waals surface area (Å²) in [4.78, 5) is 38.5. The van der Waals surface area contributed by atoms with Gasteiger partial charge in [-0.25, -0.2) is 0 Å². The zero-order valence-electron chi connectivity index (χ0n) is 54.3. The quantitative estimate of drug-likeness (QED) is 0.0261. The van der Waals surface area contributed by atoms with Gasteiger partial charge in [0.05, 0.1) is 0 Å². The molecule has 0 aromatic carbocycles. The molecule has 1 unspecified atom stereocenters. The molecule has 0 aromatic heterocycles. The number of ether oxygens (including phenoxy) is 3. The maximum Gasteiger partial charge on any atom is 0.306 e. The molecule has 0 spiro atoms. The highest BCUT2D eigenvalue weighted by atomic mass is 16.6. The summed E-state index contributed by atoms with van der Waals surface area (Å²) >= 11 is 0. The highest BCUT2D eigenvalue weighted by Gasteiger charge is 2.19. The molecule has 1 atom stereocenters. The Bertz CT molecular complexity index is 1440. The lowest BCUT2D eigenvalue weighted by molar-refractivity contribution is -0.167. The molecule has 6 nitrogen and oxygen atoms in total. The van der Waals surface area contributed by atoms with E-state index >= 15 is 0 Å². The molecular weight excluding hydrogens is 997 g/mol. The van der Waals surface area contributed by atoms with Gasteiger partial charge in [0.1, 0.15) is 13.2 Å². The minimum Gasteiger partial charge on any atom is -0.462 e. The van der Waals surface area contributed by atoms with Crippen LogP contribution in [0.1, 0.15) is 380 Å². The lowest BCUT2D eigenvalue weighted by Gasteiger charge is -2.18. The topological polar surface area (TPSA) is 78.9 Å². The predicted octanol–water partition coefficient (Wildman–Crippen LogP) is 24.7. The van der Waals surface area contributed by atoms with Gasteiger partial charge in [0.15, 0.2) is 6.10 Å². The van der Waals surface area contributed by atoms with Crippen LogP contribution in [-0.2, 0) is 28.6 Å². The molecule has 0 amide bonds. The number of carbonyl (C=O) groups excluding carboxylic acids is 3. The Morgan fingerprint density at radius 2 is 0.444 bits per heavy atom. The fourth-order valence-electron chi connectivity index (χ4n) is 10.6. The molecule has 0 heterocycles. The number of hydrogen-bond acceptors (Lipinski definition) is 6. The van der Waals surface area contributed by atoms with E-state index in [-0.39, 0.29) is 31.1 Å².